The average molecular weight is 555 g/mol. The minimum absolute atomic E-state index is 0.0275. The van der Waals surface area contributed by atoms with E-state index in [1.165, 1.54) is 56.6 Å². The second-order valence-electron chi connectivity index (χ2n) is 14.5. The number of rotatable bonds is 7. The van der Waals surface area contributed by atoms with Crippen LogP contribution in [0.15, 0.2) is 66.5 Å². The lowest BCUT2D eigenvalue weighted by Gasteiger charge is -2.65. The van der Waals surface area contributed by atoms with Gasteiger partial charge in [-0.25, -0.2) is 0 Å². The fraction of sp³-hybridized carbons (Fsp3) is 0.543. The number of carbonyl (C=O) groups excluding carboxylic acids is 2. The van der Waals surface area contributed by atoms with Crippen LogP contribution in [0.25, 0.3) is 0 Å². The van der Waals surface area contributed by atoms with Crippen molar-refractivity contribution in [1.82, 2.24) is 4.90 Å². The number of carbonyl (C=O) groups is 2. The first-order valence-electron chi connectivity index (χ1n) is 15.5. The molecule has 3 atom stereocenters. The van der Waals surface area contributed by atoms with Gasteiger partial charge in [-0.15, -0.1) is 0 Å². The summed E-state index contributed by atoms with van der Waals surface area (Å²) in [5, 5.41) is 3.27. The number of amides is 2. The van der Waals surface area contributed by atoms with E-state index in [0.29, 0.717) is 48.0 Å². The summed E-state index contributed by atoms with van der Waals surface area (Å²) in [5.41, 5.74) is 4.58. The number of nitrogens with one attached hydrogen (secondary N) is 1. The first-order valence-corrected chi connectivity index (χ1v) is 15.5. The number of hydrogen-bond donors (Lipinski definition) is 1. The molecule has 0 saturated heterocycles. The quantitative estimate of drug-likeness (QED) is 0.381. The second-order valence-corrected chi connectivity index (χ2v) is 14.5. The Kier molecular flexibility index (Phi) is 6.44. The van der Waals surface area contributed by atoms with Crippen molar-refractivity contribution >= 4 is 17.5 Å². The van der Waals surface area contributed by atoms with Crippen molar-refractivity contribution in [1.29, 1.82) is 0 Å². The van der Waals surface area contributed by atoms with Crippen LogP contribution in [-0.4, -0.2) is 29.3 Å². The minimum Gasteiger partial charge on any atom is -0.466 e. The van der Waals surface area contributed by atoms with Crippen LogP contribution in [-0.2, 0) is 20.7 Å². The fourth-order valence-corrected chi connectivity index (χ4v) is 10.2. The third kappa shape index (κ3) is 5.04. The Balaban J connectivity index is 1.10. The third-order valence-corrected chi connectivity index (χ3v) is 10.6. The molecule has 41 heavy (non-hydrogen) atoms. The normalized spacial score (nSPS) is 33.9. The van der Waals surface area contributed by atoms with Gasteiger partial charge in [0, 0.05) is 24.2 Å². The molecular formula is C35H42N2O4. The van der Waals surface area contributed by atoms with E-state index in [1.54, 1.807) is 6.26 Å². The highest BCUT2D eigenvalue weighted by molar-refractivity contribution is 6.01. The number of anilines is 1. The second kappa shape index (κ2) is 9.92. The van der Waals surface area contributed by atoms with E-state index >= 15 is 0 Å². The Morgan fingerprint density at radius 2 is 1.93 bits per heavy atom. The molecule has 6 nitrogen and oxygen atoms in total. The third-order valence-electron chi connectivity index (χ3n) is 10.6. The van der Waals surface area contributed by atoms with Gasteiger partial charge in [0.2, 0.25) is 5.91 Å². The van der Waals surface area contributed by atoms with Gasteiger partial charge in [-0.05, 0) is 104 Å². The van der Waals surface area contributed by atoms with Gasteiger partial charge >= 0.3 is 0 Å². The van der Waals surface area contributed by atoms with Crippen molar-refractivity contribution in [3.63, 3.8) is 0 Å². The number of allylic oxidation sites excluding steroid dienone is 3. The van der Waals surface area contributed by atoms with Crippen LogP contribution in [0.1, 0.15) is 94.0 Å². The predicted octanol–water partition coefficient (Wildman–Crippen LogP) is 7.40. The van der Waals surface area contributed by atoms with E-state index < -0.39 is 0 Å². The molecular weight excluding hydrogens is 512 g/mol. The van der Waals surface area contributed by atoms with E-state index in [0.717, 1.165) is 30.0 Å². The molecule has 2 aliphatic heterocycles. The lowest BCUT2D eigenvalue weighted by Crippen LogP contribution is -2.55. The molecule has 4 saturated carbocycles. The number of benzene rings is 1. The van der Waals surface area contributed by atoms with Gasteiger partial charge < -0.3 is 19.7 Å². The van der Waals surface area contributed by atoms with Gasteiger partial charge in [0.1, 0.15) is 18.8 Å². The summed E-state index contributed by atoms with van der Waals surface area (Å²) in [5.74, 6) is 1.48. The zero-order chi connectivity index (χ0) is 28.2. The lowest BCUT2D eigenvalue weighted by atomic mass is 9.40. The highest BCUT2D eigenvalue weighted by Gasteiger charge is 2.60. The topological polar surface area (TPSA) is 67.9 Å². The summed E-state index contributed by atoms with van der Waals surface area (Å²) >= 11 is 0. The summed E-state index contributed by atoms with van der Waals surface area (Å²) in [6.07, 6.45) is 22.5. The highest BCUT2D eigenvalue weighted by Crippen LogP contribution is 2.70. The first-order chi connectivity index (χ1) is 19.7. The molecule has 6 heteroatoms. The molecule has 0 aromatic heterocycles. The monoisotopic (exact) mass is 554 g/mol. The van der Waals surface area contributed by atoms with Crippen molar-refractivity contribution < 1.29 is 19.1 Å². The number of hydrogen-bond acceptors (Lipinski definition) is 4. The summed E-state index contributed by atoms with van der Waals surface area (Å²) in [6, 6.07) is 5.50. The number of nitrogens with zero attached hydrogens (tertiary/aromatic N) is 1. The van der Waals surface area contributed by atoms with Gasteiger partial charge in [-0.1, -0.05) is 43.7 Å². The van der Waals surface area contributed by atoms with Crippen LogP contribution in [0.4, 0.5) is 5.69 Å². The first kappa shape index (κ1) is 26.6. The van der Waals surface area contributed by atoms with E-state index in [2.05, 4.69) is 37.4 Å². The van der Waals surface area contributed by atoms with Crippen molar-refractivity contribution in [3.8, 4) is 0 Å². The average Bonchev–Trinajstić information content (AvgIpc) is 2.91. The molecule has 2 amide bonds. The maximum Gasteiger partial charge on any atom is 0.254 e. The van der Waals surface area contributed by atoms with Crippen LogP contribution in [0, 0.1) is 22.2 Å². The Bertz CT molecular complexity index is 1370. The Hall–Kier alpha value is -3.28. The zero-order valence-corrected chi connectivity index (χ0v) is 24.4. The van der Waals surface area contributed by atoms with Crippen molar-refractivity contribution in [2.45, 2.75) is 90.5 Å². The molecule has 3 unspecified atom stereocenters. The van der Waals surface area contributed by atoms with Gasteiger partial charge in [0.15, 0.2) is 5.76 Å². The molecule has 216 valence electrons. The van der Waals surface area contributed by atoms with E-state index in [-0.39, 0.29) is 23.3 Å². The number of ether oxygens (including phenoxy) is 2. The van der Waals surface area contributed by atoms with Crippen molar-refractivity contribution in [3.05, 3.63) is 77.7 Å². The van der Waals surface area contributed by atoms with Crippen LogP contribution in [0.2, 0.25) is 0 Å². The largest absolute Gasteiger partial charge is 0.466 e. The summed E-state index contributed by atoms with van der Waals surface area (Å²) < 4.78 is 11.3. The Morgan fingerprint density at radius 3 is 2.63 bits per heavy atom. The molecule has 4 bridgehead atoms. The van der Waals surface area contributed by atoms with Crippen LogP contribution >= 0.6 is 0 Å². The molecule has 1 aromatic rings. The van der Waals surface area contributed by atoms with Crippen LogP contribution < -0.4 is 5.32 Å². The predicted molar refractivity (Wildman–Crippen MR) is 159 cm³/mol. The molecule has 5 aliphatic carbocycles. The molecule has 8 rings (SSSR count). The SMILES string of the molecule is CC12CC3CC(C)(C1)CC(CC(=O)Nc1cccc4c1CCN(C(CC1=CC=CCC1)C1=COC=CO1)C4=O)(C3)C2. The zero-order valence-electron chi connectivity index (χ0n) is 24.4. The number of fused-ring (bicyclic) bond motifs is 1. The fourth-order valence-electron chi connectivity index (χ4n) is 10.2. The molecule has 1 aromatic carbocycles. The van der Waals surface area contributed by atoms with E-state index in [1.807, 2.05) is 23.1 Å². The van der Waals surface area contributed by atoms with Gasteiger partial charge in [0.05, 0.1) is 6.04 Å². The van der Waals surface area contributed by atoms with Gasteiger partial charge in [0.25, 0.3) is 5.91 Å². The minimum atomic E-state index is -0.254. The molecule has 0 spiro atoms. The summed E-state index contributed by atoms with van der Waals surface area (Å²) in [6.45, 7) is 5.47. The molecule has 7 aliphatic rings. The van der Waals surface area contributed by atoms with Gasteiger partial charge in [-0.3, -0.25) is 9.59 Å². The summed E-state index contributed by atoms with van der Waals surface area (Å²) in [7, 11) is 0. The smallest absolute Gasteiger partial charge is 0.254 e. The van der Waals surface area contributed by atoms with Gasteiger partial charge in [-0.2, -0.15) is 0 Å². The molecule has 2 heterocycles. The van der Waals surface area contributed by atoms with Crippen LogP contribution in [0.3, 0.4) is 0 Å². The Labute approximate surface area is 243 Å². The van der Waals surface area contributed by atoms with Crippen molar-refractivity contribution in [2.75, 3.05) is 11.9 Å². The van der Waals surface area contributed by atoms with Crippen molar-refractivity contribution in [2.24, 2.45) is 22.2 Å². The van der Waals surface area contributed by atoms with E-state index in [4.69, 9.17) is 9.47 Å². The summed E-state index contributed by atoms with van der Waals surface area (Å²) in [4.78, 5) is 29.5. The molecule has 0 radical (unpaired) electrons. The van der Waals surface area contributed by atoms with Crippen LogP contribution in [0.5, 0.6) is 0 Å². The highest BCUT2D eigenvalue weighted by atomic mass is 16.5. The Morgan fingerprint density at radius 1 is 1.10 bits per heavy atom. The standard InChI is InChI=1S/C35H42N2O4/c1-33-16-25-17-34(2,21-33)23-35(18-25,22-33)19-31(38)36-28-10-6-9-27-26(28)11-12-37(32(27)39)29(30-20-40-13-14-41-30)15-24-7-4-3-5-8-24/h3-4,6-7,9-10,13-14,20,25,29H,5,8,11-12,15-19,21-23H2,1-2H3,(H,36,38). The maximum absolute atomic E-state index is 14.0. The molecule has 4 fully saturated rings. The molecule has 1 N–H and O–H groups in total. The maximum atomic E-state index is 14.0. The van der Waals surface area contributed by atoms with E-state index in [9.17, 15) is 9.59 Å². The lowest BCUT2D eigenvalue weighted by molar-refractivity contribution is -0.153.